The number of thiocarbonyl (C=S) groups is 1. The summed E-state index contributed by atoms with van der Waals surface area (Å²) in [5, 5.41) is 15.7. The summed E-state index contributed by atoms with van der Waals surface area (Å²) in [4.78, 5) is 6.30. The van der Waals surface area contributed by atoms with Crippen LogP contribution < -0.4 is 10.2 Å². The van der Waals surface area contributed by atoms with E-state index < -0.39 is 6.04 Å². The first kappa shape index (κ1) is 22.0. The lowest BCUT2D eigenvalue weighted by atomic mass is 10.0. The molecule has 2 atom stereocenters. The molecule has 0 amide bonds. The molecule has 0 saturated carbocycles. The Kier molecular flexibility index (Phi) is 5.93. The second-order valence-electron chi connectivity index (χ2n) is 7.43. The molecule has 5 nitrogen and oxygen atoms in total. The van der Waals surface area contributed by atoms with Gasteiger partial charge in [-0.3, -0.25) is 4.98 Å². The van der Waals surface area contributed by atoms with Gasteiger partial charge in [0.2, 0.25) is 0 Å². The molecule has 5 rings (SSSR count). The monoisotopic (exact) mass is 515 g/mol. The van der Waals surface area contributed by atoms with Crippen molar-refractivity contribution < 1.29 is 9.52 Å². The quantitative estimate of drug-likeness (QED) is 0.280. The third-order valence-electron chi connectivity index (χ3n) is 5.43. The number of halogens is 3. The Labute approximate surface area is 210 Å². The van der Waals surface area contributed by atoms with E-state index in [2.05, 4.69) is 10.3 Å². The number of aromatic nitrogens is 1. The lowest BCUT2D eigenvalue weighted by Gasteiger charge is -2.26. The van der Waals surface area contributed by atoms with Crippen LogP contribution in [-0.2, 0) is 0 Å². The van der Waals surface area contributed by atoms with Gasteiger partial charge in [-0.25, -0.2) is 0 Å². The number of nitrogens with zero attached hydrogens (tertiary/aromatic N) is 2. The Morgan fingerprint density at radius 2 is 1.85 bits per heavy atom. The predicted molar refractivity (Wildman–Crippen MR) is 135 cm³/mol. The average Bonchev–Trinajstić information content (AvgIpc) is 3.42. The maximum atomic E-state index is 10.6. The van der Waals surface area contributed by atoms with E-state index in [1.165, 1.54) is 6.07 Å². The van der Waals surface area contributed by atoms with E-state index >= 15 is 0 Å². The van der Waals surface area contributed by atoms with Crippen molar-refractivity contribution in [1.82, 2.24) is 10.3 Å². The molecular formula is C24H16Cl3N3O2S. The summed E-state index contributed by atoms with van der Waals surface area (Å²) >= 11 is 24.5. The summed E-state index contributed by atoms with van der Waals surface area (Å²) < 4.78 is 6.28. The number of hydrogen-bond acceptors (Lipinski definition) is 4. The highest BCUT2D eigenvalue weighted by Gasteiger charge is 2.43. The molecule has 0 spiro atoms. The van der Waals surface area contributed by atoms with E-state index in [1.807, 2.05) is 42.5 Å². The van der Waals surface area contributed by atoms with Gasteiger partial charge in [-0.15, -0.1) is 0 Å². The van der Waals surface area contributed by atoms with E-state index in [1.54, 1.807) is 29.3 Å². The molecule has 2 unspecified atom stereocenters. The normalized spacial score (nSPS) is 17.9. The molecule has 1 fully saturated rings. The second-order valence-corrected chi connectivity index (χ2v) is 9.04. The van der Waals surface area contributed by atoms with E-state index in [4.69, 9.17) is 51.4 Å². The Balaban J connectivity index is 1.64. The third kappa shape index (κ3) is 4.04. The maximum Gasteiger partial charge on any atom is 0.174 e. The molecule has 1 aliphatic rings. The van der Waals surface area contributed by atoms with Gasteiger partial charge < -0.3 is 19.7 Å². The molecule has 0 bridgehead atoms. The highest BCUT2D eigenvalue weighted by Crippen LogP contribution is 2.46. The van der Waals surface area contributed by atoms with Crippen molar-refractivity contribution in [3.8, 4) is 17.1 Å². The molecule has 3 heterocycles. The first-order valence-corrected chi connectivity index (χ1v) is 11.5. The number of hydrogen-bond donors (Lipinski definition) is 2. The van der Waals surface area contributed by atoms with E-state index in [0.29, 0.717) is 43.0 Å². The van der Waals surface area contributed by atoms with Crippen LogP contribution in [0.5, 0.6) is 5.75 Å². The zero-order valence-electron chi connectivity index (χ0n) is 16.9. The van der Waals surface area contributed by atoms with Crippen LogP contribution >= 0.6 is 47.0 Å². The Morgan fingerprint density at radius 3 is 2.64 bits per heavy atom. The van der Waals surface area contributed by atoms with Gasteiger partial charge in [0, 0.05) is 16.8 Å². The topological polar surface area (TPSA) is 61.5 Å². The van der Waals surface area contributed by atoms with E-state index in [0.717, 1.165) is 5.69 Å². The second kappa shape index (κ2) is 8.88. The minimum atomic E-state index is -0.455. The van der Waals surface area contributed by atoms with Crippen molar-refractivity contribution >= 4 is 57.8 Å². The summed E-state index contributed by atoms with van der Waals surface area (Å²) in [7, 11) is 0. The Morgan fingerprint density at radius 1 is 1.00 bits per heavy atom. The summed E-state index contributed by atoms with van der Waals surface area (Å²) in [6.45, 7) is 0. The van der Waals surface area contributed by atoms with Gasteiger partial charge in [-0.05, 0) is 66.8 Å². The summed E-state index contributed by atoms with van der Waals surface area (Å²) in [5.41, 5.74) is 1.91. The van der Waals surface area contributed by atoms with Gasteiger partial charge in [0.25, 0.3) is 0 Å². The number of pyridine rings is 1. The van der Waals surface area contributed by atoms with Gasteiger partial charge >= 0.3 is 0 Å². The first-order chi connectivity index (χ1) is 15.9. The summed E-state index contributed by atoms with van der Waals surface area (Å²) in [5.74, 6) is 1.20. The van der Waals surface area contributed by atoms with Crippen LogP contribution in [0.3, 0.4) is 0 Å². The van der Waals surface area contributed by atoms with Gasteiger partial charge in [-0.1, -0.05) is 46.9 Å². The number of nitrogens with one attached hydrogen (secondary N) is 1. The lowest BCUT2D eigenvalue weighted by Crippen LogP contribution is -2.29. The molecule has 2 N–H and O–H groups in total. The fourth-order valence-corrected chi connectivity index (χ4v) is 4.84. The SMILES string of the molecule is Oc1ccc(Cl)cc1N1C(=S)NC(c2ccccn2)C1c1ccc(-c2cccc(Cl)c2Cl)o1. The van der Waals surface area contributed by atoms with Crippen LogP contribution in [0, 0.1) is 0 Å². The minimum Gasteiger partial charge on any atom is -0.506 e. The van der Waals surface area contributed by atoms with E-state index in [-0.39, 0.29) is 11.8 Å². The standard InChI is InChI=1S/C24H16Cl3N3O2S/c25-13-7-8-18(31)17(12-13)30-23(22(29-24(30)33)16-6-1-2-11-28-16)20-10-9-19(32-20)14-4-3-5-15(26)21(14)27/h1-12,22-23,31H,(H,29,33). The number of phenols is 1. The molecular weight excluding hydrogens is 501 g/mol. The van der Waals surface area contributed by atoms with Crippen molar-refractivity contribution in [2.24, 2.45) is 0 Å². The van der Waals surface area contributed by atoms with Crippen LogP contribution in [0.15, 0.2) is 77.3 Å². The number of phenolic OH excluding ortho intramolecular Hbond substituents is 1. The first-order valence-electron chi connectivity index (χ1n) is 9.97. The number of rotatable bonds is 4. The van der Waals surface area contributed by atoms with Crippen LogP contribution in [0.2, 0.25) is 15.1 Å². The molecule has 0 radical (unpaired) electrons. The van der Waals surface area contributed by atoms with Gasteiger partial charge in [0.15, 0.2) is 5.11 Å². The fraction of sp³-hybridized carbons (Fsp3) is 0.0833. The number of aromatic hydroxyl groups is 1. The van der Waals surface area contributed by atoms with Gasteiger partial charge in [0.05, 0.1) is 27.5 Å². The molecule has 0 aliphatic carbocycles. The summed E-state index contributed by atoms with van der Waals surface area (Å²) in [6.07, 6.45) is 1.72. The maximum absolute atomic E-state index is 10.6. The minimum absolute atomic E-state index is 0.0416. The van der Waals surface area contributed by atoms with Crippen molar-refractivity contribution in [3.05, 3.63) is 99.4 Å². The molecule has 9 heteroatoms. The number of furan rings is 1. The highest BCUT2D eigenvalue weighted by atomic mass is 35.5. The van der Waals surface area contributed by atoms with Gasteiger partial charge in [-0.2, -0.15) is 0 Å². The zero-order chi connectivity index (χ0) is 23.1. The smallest absolute Gasteiger partial charge is 0.174 e. The Bertz CT molecular complexity index is 1350. The van der Waals surface area contributed by atoms with E-state index in [9.17, 15) is 5.11 Å². The largest absolute Gasteiger partial charge is 0.506 e. The molecule has 33 heavy (non-hydrogen) atoms. The summed E-state index contributed by atoms with van der Waals surface area (Å²) in [6, 6.07) is 18.7. The van der Waals surface area contributed by atoms with Crippen molar-refractivity contribution in [2.45, 2.75) is 12.1 Å². The highest BCUT2D eigenvalue weighted by molar-refractivity contribution is 7.80. The molecule has 1 aliphatic heterocycles. The average molecular weight is 517 g/mol. The van der Waals surface area contributed by atoms with Crippen molar-refractivity contribution in [2.75, 3.05) is 4.90 Å². The number of benzene rings is 2. The Hall–Kier alpha value is -2.77. The predicted octanol–water partition coefficient (Wildman–Crippen LogP) is 7.18. The van der Waals surface area contributed by atoms with Crippen LogP contribution in [0.1, 0.15) is 23.5 Å². The fourth-order valence-electron chi connectivity index (χ4n) is 3.94. The lowest BCUT2D eigenvalue weighted by molar-refractivity contribution is 0.434. The van der Waals surface area contributed by atoms with Gasteiger partial charge in [0.1, 0.15) is 23.3 Å². The molecule has 2 aromatic carbocycles. The molecule has 4 aromatic rings. The molecule has 2 aromatic heterocycles. The van der Waals surface area contributed by atoms with Crippen molar-refractivity contribution in [3.63, 3.8) is 0 Å². The van der Waals surface area contributed by atoms with Crippen LogP contribution in [-0.4, -0.2) is 15.2 Å². The molecule has 166 valence electrons. The van der Waals surface area contributed by atoms with Crippen LogP contribution in [0.25, 0.3) is 11.3 Å². The zero-order valence-corrected chi connectivity index (χ0v) is 20.0. The third-order valence-corrected chi connectivity index (χ3v) is 6.80. The number of anilines is 1. The van der Waals surface area contributed by atoms with Crippen LogP contribution in [0.4, 0.5) is 5.69 Å². The van der Waals surface area contributed by atoms with Crippen molar-refractivity contribution in [1.29, 1.82) is 0 Å². The molecule has 1 saturated heterocycles.